The van der Waals surface area contributed by atoms with Crippen molar-refractivity contribution in [3.8, 4) is 0 Å². The number of amides is 1. The predicted molar refractivity (Wildman–Crippen MR) is 91.0 cm³/mol. The second-order valence-corrected chi connectivity index (χ2v) is 5.18. The molecule has 0 aromatic heterocycles. The third-order valence-electron chi connectivity index (χ3n) is 3.48. The lowest BCUT2D eigenvalue weighted by molar-refractivity contribution is -0.384. The van der Waals surface area contributed by atoms with Crippen LogP contribution in [0.2, 0.25) is 0 Å². The van der Waals surface area contributed by atoms with Crippen molar-refractivity contribution in [2.45, 2.75) is 6.54 Å². The van der Waals surface area contributed by atoms with Gasteiger partial charge in [0.25, 0.3) is 11.6 Å². The van der Waals surface area contributed by atoms with Crippen LogP contribution in [-0.4, -0.2) is 31.1 Å². The number of rotatable bonds is 8. The number of halogens is 1. The summed E-state index contributed by atoms with van der Waals surface area (Å²) in [5.74, 6) is -0.966. The second kappa shape index (κ2) is 8.74. The van der Waals surface area contributed by atoms with Gasteiger partial charge in [-0.15, -0.1) is 0 Å². The number of carbonyl (C=O) groups is 1. The van der Waals surface area contributed by atoms with E-state index in [2.05, 4.69) is 10.6 Å². The monoisotopic (exact) mass is 347 g/mol. The summed E-state index contributed by atoms with van der Waals surface area (Å²) < 4.78 is 18.6. The lowest BCUT2D eigenvalue weighted by Crippen LogP contribution is -2.25. The van der Waals surface area contributed by atoms with E-state index in [0.717, 1.165) is 0 Å². The van der Waals surface area contributed by atoms with Crippen LogP contribution in [-0.2, 0) is 11.3 Å². The van der Waals surface area contributed by atoms with Gasteiger partial charge in [-0.3, -0.25) is 14.9 Å². The van der Waals surface area contributed by atoms with Gasteiger partial charge in [0.15, 0.2) is 0 Å². The SMILES string of the molecule is COCCNc1ccc([N+](=O)[O-])cc1C(=O)NCc1ccccc1F. The number of methoxy groups -OCH3 is 1. The smallest absolute Gasteiger partial charge is 0.270 e. The zero-order valence-electron chi connectivity index (χ0n) is 13.6. The van der Waals surface area contributed by atoms with E-state index in [1.165, 1.54) is 24.3 Å². The largest absolute Gasteiger partial charge is 0.383 e. The van der Waals surface area contributed by atoms with Crippen molar-refractivity contribution >= 4 is 17.3 Å². The molecule has 0 atom stereocenters. The second-order valence-electron chi connectivity index (χ2n) is 5.18. The molecule has 0 aliphatic carbocycles. The molecule has 8 heteroatoms. The van der Waals surface area contributed by atoms with E-state index in [0.29, 0.717) is 24.4 Å². The van der Waals surface area contributed by atoms with Crippen LogP contribution in [0.15, 0.2) is 42.5 Å². The Labute approximate surface area is 144 Å². The molecule has 0 aliphatic rings. The van der Waals surface area contributed by atoms with Crippen LogP contribution in [0.4, 0.5) is 15.8 Å². The molecule has 2 aromatic rings. The van der Waals surface area contributed by atoms with Gasteiger partial charge in [0, 0.05) is 43.6 Å². The molecule has 0 radical (unpaired) electrons. The topological polar surface area (TPSA) is 93.5 Å². The molecule has 7 nitrogen and oxygen atoms in total. The minimum Gasteiger partial charge on any atom is -0.383 e. The molecule has 0 saturated heterocycles. The summed E-state index contributed by atoms with van der Waals surface area (Å²) in [5, 5.41) is 16.5. The van der Waals surface area contributed by atoms with Gasteiger partial charge in [0.1, 0.15) is 5.82 Å². The molecule has 25 heavy (non-hydrogen) atoms. The maximum atomic E-state index is 13.6. The van der Waals surface area contributed by atoms with Gasteiger partial charge in [-0.2, -0.15) is 0 Å². The lowest BCUT2D eigenvalue weighted by atomic mass is 10.1. The molecule has 0 saturated carbocycles. The average Bonchev–Trinajstić information content (AvgIpc) is 2.61. The van der Waals surface area contributed by atoms with Gasteiger partial charge in [-0.05, 0) is 12.1 Å². The summed E-state index contributed by atoms with van der Waals surface area (Å²) in [6.07, 6.45) is 0. The number of ether oxygens (including phenoxy) is 1. The summed E-state index contributed by atoms with van der Waals surface area (Å²) in [5.41, 5.74) is 0.679. The Balaban J connectivity index is 2.18. The van der Waals surface area contributed by atoms with Crippen molar-refractivity contribution in [1.82, 2.24) is 5.32 Å². The van der Waals surface area contributed by atoms with E-state index in [1.54, 1.807) is 25.3 Å². The minimum atomic E-state index is -0.577. The van der Waals surface area contributed by atoms with Gasteiger partial charge in [-0.1, -0.05) is 18.2 Å². The Morgan fingerprint density at radius 3 is 2.72 bits per heavy atom. The molecule has 0 spiro atoms. The fourth-order valence-corrected chi connectivity index (χ4v) is 2.19. The first-order chi connectivity index (χ1) is 12.0. The molecule has 0 aliphatic heterocycles. The first kappa shape index (κ1) is 18.3. The third-order valence-corrected chi connectivity index (χ3v) is 3.48. The van der Waals surface area contributed by atoms with Crippen molar-refractivity contribution in [1.29, 1.82) is 0 Å². The predicted octanol–water partition coefficient (Wildman–Crippen LogP) is 2.72. The summed E-state index contributed by atoms with van der Waals surface area (Å²) >= 11 is 0. The molecular weight excluding hydrogens is 329 g/mol. The molecule has 0 fully saturated rings. The fraction of sp³-hybridized carbons (Fsp3) is 0.235. The average molecular weight is 347 g/mol. The minimum absolute atomic E-state index is 0.0221. The number of hydrogen-bond acceptors (Lipinski definition) is 5. The number of nitrogens with one attached hydrogen (secondary N) is 2. The molecule has 0 unspecified atom stereocenters. The highest BCUT2D eigenvalue weighted by Crippen LogP contribution is 2.22. The Morgan fingerprint density at radius 2 is 2.04 bits per heavy atom. The van der Waals surface area contributed by atoms with Gasteiger partial charge in [0.2, 0.25) is 0 Å². The molecular formula is C17H18FN3O4. The maximum Gasteiger partial charge on any atom is 0.270 e. The van der Waals surface area contributed by atoms with Crippen molar-refractivity contribution < 1.29 is 18.8 Å². The van der Waals surface area contributed by atoms with Crippen LogP contribution < -0.4 is 10.6 Å². The zero-order chi connectivity index (χ0) is 18.2. The number of anilines is 1. The molecule has 2 rings (SSSR count). The Bertz CT molecular complexity index is 767. The van der Waals surface area contributed by atoms with E-state index < -0.39 is 16.6 Å². The van der Waals surface area contributed by atoms with Gasteiger partial charge < -0.3 is 15.4 Å². The molecule has 2 N–H and O–H groups in total. The highest BCUT2D eigenvalue weighted by molar-refractivity contribution is 6.00. The molecule has 0 bridgehead atoms. The molecule has 132 valence electrons. The van der Waals surface area contributed by atoms with Crippen LogP contribution in [0.25, 0.3) is 0 Å². The first-order valence-corrected chi connectivity index (χ1v) is 7.55. The van der Waals surface area contributed by atoms with E-state index in [4.69, 9.17) is 4.74 Å². The zero-order valence-corrected chi connectivity index (χ0v) is 13.6. The van der Waals surface area contributed by atoms with Crippen molar-refractivity contribution in [2.24, 2.45) is 0 Å². The normalized spacial score (nSPS) is 10.3. The van der Waals surface area contributed by atoms with Gasteiger partial charge in [0.05, 0.1) is 17.1 Å². The van der Waals surface area contributed by atoms with Gasteiger partial charge >= 0.3 is 0 Å². The lowest BCUT2D eigenvalue weighted by Gasteiger charge is -2.12. The van der Waals surface area contributed by atoms with Crippen LogP contribution in [0.1, 0.15) is 15.9 Å². The summed E-state index contributed by atoms with van der Waals surface area (Å²) in [6.45, 7) is 0.820. The molecule has 2 aromatic carbocycles. The van der Waals surface area contributed by atoms with E-state index in [9.17, 15) is 19.3 Å². The highest BCUT2D eigenvalue weighted by atomic mass is 19.1. The highest BCUT2D eigenvalue weighted by Gasteiger charge is 2.17. The van der Waals surface area contributed by atoms with Crippen LogP contribution in [0, 0.1) is 15.9 Å². The summed E-state index contributed by atoms with van der Waals surface area (Å²) in [7, 11) is 1.54. The number of non-ortho nitro benzene ring substituents is 1. The van der Waals surface area contributed by atoms with Crippen LogP contribution in [0.5, 0.6) is 0 Å². The maximum absolute atomic E-state index is 13.6. The number of benzene rings is 2. The number of nitrogens with zero attached hydrogens (tertiary/aromatic N) is 1. The van der Waals surface area contributed by atoms with Crippen molar-refractivity contribution in [3.05, 3.63) is 69.5 Å². The Morgan fingerprint density at radius 1 is 1.28 bits per heavy atom. The summed E-state index contributed by atoms with van der Waals surface area (Å²) in [6, 6.07) is 10.0. The Hall–Kier alpha value is -3.00. The molecule has 1 amide bonds. The van der Waals surface area contributed by atoms with E-state index in [1.807, 2.05) is 0 Å². The standard InChI is InChI=1S/C17H18FN3O4/c1-25-9-8-19-16-7-6-13(21(23)24)10-14(16)17(22)20-11-12-4-2-3-5-15(12)18/h2-7,10,19H,8-9,11H2,1H3,(H,20,22). The van der Waals surface area contributed by atoms with E-state index >= 15 is 0 Å². The van der Waals surface area contributed by atoms with Crippen molar-refractivity contribution in [3.63, 3.8) is 0 Å². The number of hydrogen-bond donors (Lipinski definition) is 2. The Kier molecular flexibility index (Phi) is 6.41. The van der Waals surface area contributed by atoms with Gasteiger partial charge in [-0.25, -0.2) is 4.39 Å². The number of carbonyl (C=O) groups excluding carboxylic acids is 1. The summed E-state index contributed by atoms with van der Waals surface area (Å²) in [4.78, 5) is 22.8. The molecule has 0 heterocycles. The first-order valence-electron chi connectivity index (χ1n) is 7.55. The van der Waals surface area contributed by atoms with Crippen LogP contribution in [0.3, 0.4) is 0 Å². The van der Waals surface area contributed by atoms with E-state index in [-0.39, 0.29) is 17.8 Å². The van der Waals surface area contributed by atoms with Crippen molar-refractivity contribution in [2.75, 3.05) is 25.6 Å². The third kappa shape index (κ3) is 4.98. The number of nitro benzene ring substituents is 1. The van der Waals surface area contributed by atoms with Crippen LogP contribution >= 0.6 is 0 Å². The fourth-order valence-electron chi connectivity index (χ4n) is 2.19. The number of nitro groups is 1. The quantitative estimate of drug-likeness (QED) is 0.435.